The number of fused-ring (bicyclic) bond motifs is 1. The molecule has 0 aromatic heterocycles. The van der Waals surface area contributed by atoms with Crippen LogP contribution in [0.5, 0.6) is 0 Å². The van der Waals surface area contributed by atoms with E-state index in [0.29, 0.717) is 5.56 Å². The van der Waals surface area contributed by atoms with Gasteiger partial charge in [0.1, 0.15) is 0 Å². The topological polar surface area (TPSA) is 63.2 Å². The number of hydrogen-bond donors (Lipinski definition) is 1. The van der Waals surface area contributed by atoms with Crippen molar-refractivity contribution in [3.63, 3.8) is 0 Å². The molecule has 0 unspecified atom stereocenters. The normalized spacial score (nSPS) is 13.3. The lowest BCUT2D eigenvalue weighted by Gasteiger charge is -2.00. The fourth-order valence-electron chi connectivity index (χ4n) is 1.57. The van der Waals surface area contributed by atoms with Crippen molar-refractivity contribution in [3.8, 4) is 0 Å². The van der Waals surface area contributed by atoms with Crippen LogP contribution in [0.2, 0.25) is 0 Å². The first kappa shape index (κ1) is 9.58. The zero-order valence-corrected chi connectivity index (χ0v) is 8.16. The second-order valence-corrected chi connectivity index (χ2v) is 3.48. The van der Waals surface area contributed by atoms with Gasteiger partial charge in [-0.05, 0) is 23.8 Å². The maximum atomic E-state index is 11.4. The summed E-state index contributed by atoms with van der Waals surface area (Å²) in [5, 5.41) is 2.66. The summed E-state index contributed by atoms with van der Waals surface area (Å²) in [5.41, 5.74) is 1.84. The second-order valence-electron chi connectivity index (χ2n) is 3.48. The van der Waals surface area contributed by atoms with Gasteiger partial charge in [-0.2, -0.15) is 0 Å². The minimum absolute atomic E-state index is 0.0857. The minimum atomic E-state index is -0.517. The highest BCUT2D eigenvalue weighted by Crippen LogP contribution is 2.23. The monoisotopic (exact) mass is 203 g/mol. The molecule has 2 rings (SSSR count). The summed E-state index contributed by atoms with van der Waals surface area (Å²) in [7, 11) is 0. The van der Waals surface area contributed by atoms with Crippen molar-refractivity contribution in [1.82, 2.24) is 0 Å². The van der Waals surface area contributed by atoms with E-state index in [1.165, 1.54) is 6.92 Å². The Labute approximate surface area is 86.3 Å². The zero-order valence-electron chi connectivity index (χ0n) is 8.16. The first-order chi connectivity index (χ1) is 7.08. The van der Waals surface area contributed by atoms with Gasteiger partial charge in [-0.3, -0.25) is 14.4 Å². The molecule has 0 radical (unpaired) electrons. The fourth-order valence-corrected chi connectivity index (χ4v) is 1.57. The van der Waals surface area contributed by atoms with Crippen LogP contribution in [-0.2, 0) is 16.0 Å². The summed E-state index contributed by atoms with van der Waals surface area (Å²) >= 11 is 0. The molecule has 1 heterocycles. The Hall–Kier alpha value is -1.97. The van der Waals surface area contributed by atoms with Crippen LogP contribution in [0.15, 0.2) is 18.2 Å². The van der Waals surface area contributed by atoms with Crippen molar-refractivity contribution in [2.24, 2.45) is 0 Å². The molecule has 1 amide bonds. The average Bonchev–Trinajstić information content (AvgIpc) is 2.55. The Morgan fingerprint density at radius 2 is 2.07 bits per heavy atom. The van der Waals surface area contributed by atoms with E-state index in [-0.39, 0.29) is 12.3 Å². The molecule has 76 valence electrons. The molecule has 1 aliphatic heterocycles. The maximum Gasteiger partial charge on any atom is 0.228 e. The standard InChI is InChI=1S/C11H9NO3/c1-6(13)11(15)7-2-3-9-8(4-7)5-10(14)12-9/h2-4H,5H2,1H3,(H,12,14). The van der Waals surface area contributed by atoms with Crippen LogP contribution in [0.4, 0.5) is 5.69 Å². The molecule has 0 aliphatic carbocycles. The van der Waals surface area contributed by atoms with Gasteiger partial charge >= 0.3 is 0 Å². The molecule has 1 N–H and O–H groups in total. The number of nitrogens with one attached hydrogen (secondary N) is 1. The van der Waals surface area contributed by atoms with Gasteiger partial charge in [0.15, 0.2) is 5.78 Å². The molecule has 0 fully saturated rings. The molecule has 15 heavy (non-hydrogen) atoms. The molecule has 0 atom stereocenters. The Morgan fingerprint density at radius 1 is 1.33 bits per heavy atom. The van der Waals surface area contributed by atoms with E-state index >= 15 is 0 Å². The summed E-state index contributed by atoms with van der Waals surface area (Å²) in [6.07, 6.45) is 0.272. The lowest BCUT2D eigenvalue weighted by atomic mass is 10.0. The predicted molar refractivity (Wildman–Crippen MR) is 53.8 cm³/mol. The molecule has 0 saturated carbocycles. The van der Waals surface area contributed by atoms with Crippen LogP contribution >= 0.6 is 0 Å². The molecule has 0 spiro atoms. The lowest BCUT2D eigenvalue weighted by Crippen LogP contribution is -2.09. The number of hydrogen-bond acceptors (Lipinski definition) is 3. The van der Waals surface area contributed by atoms with Crippen molar-refractivity contribution in [1.29, 1.82) is 0 Å². The number of benzene rings is 1. The van der Waals surface area contributed by atoms with Gasteiger partial charge < -0.3 is 5.32 Å². The van der Waals surface area contributed by atoms with Crippen LogP contribution < -0.4 is 5.32 Å². The highest BCUT2D eigenvalue weighted by molar-refractivity contribution is 6.43. The molecule has 4 nitrogen and oxygen atoms in total. The van der Waals surface area contributed by atoms with Gasteiger partial charge in [0.05, 0.1) is 6.42 Å². The lowest BCUT2D eigenvalue weighted by molar-refractivity contribution is -0.115. The molecule has 1 aromatic carbocycles. The van der Waals surface area contributed by atoms with Gasteiger partial charge in [-0.15, -0.1) is 0 Å². The highest BCUT2D eigenvalue weighted by Gasteiger charge is 2.20. The summed E-state index contributed by atoms with van der Waals surface area (Å²) in [6.45, 7) is 1.24. The van der Waals surface area contributed by atoms with Crippen molar-refractivity contribution >= 4 is 23.2 Å². The van der Waals surface area contributed by atoms with E-state index in [1.54, 1.807) is 18.2 Å². The van der Waals surface area contributed by atoms with E-state index in [2.05, 4.69) is 5.32 Å². The first-order valence-corrected chi connectivity index (χ1v) is 4.56. The largest absolute Gasteiger partial charge is 0.326 e. The van der Waals surface area contributed by atoms with Crippen molar-refractivity contribution in [3.05, 3.63) is 29.3 Å². The van der Waals surface area contributed by atoms with Crippen LogP contribution in [0.25, 0.3) is 0 Å². The smallest absolute Gasteiger partial charge is 0.228 e. The number of ketones is 2. The summed E-state index contributed by atoms with van der Waals surface area (Å²) in [6, 6.07) is 4.79. The Kier molecular flexibility index (Phi) is 2.11. The van der Waals surface area contributed by atoms with Crippen LogP contribution in [0.1, 0.15) is 22.8 Å². The molecule has 1 aliphatic rings. The second kappa shape index (κ2) is 3.31. The van der Waals surface area contributed by atoms with Gasteiger partial charge in [-0.1, -0.05) is 0 Å². The van der Waals surface area contributed by atoms with E-state index in [4.69, 9.17) is 0 Å². The van der Waals surface area contributed by atoms with E-state index in [1.807, 2.05) is 0 Å². The quantitative estimate of drug-likeness (QED) is 0.575. The van der Waals surface area contributed by atoms with E-state index in [9.17, 15) is 14.4 Å². The molecule has 1 aromatic rings. The van der Waals surface area contributed by atoms with Crippen molar-refractivity contribution in [2.45, 2.75) is 13.3 Å². The van der Waals surface area contributed by atoms with Gasteiger partial charge in [0.2, 0.25) is 11.7 Å². The van der Waals surface area contributed by atoms with E-state index in [0.717, 1.165) is 11.3 Å². The SMILES string of the molecule is CC(=O)C(=O)c1ccc2c(c1)CC(=O)N2. The number of amides is 1. The van der Waals surface area contributed by atoms with Crippen molar-refractivity contribution < 1.29 is 14.4 Å². The average molecular weight is 203 g/mol. The molecule has 0 saturated heterocycles. The highest BCUT2D eigenvalue weighted by atomic mass is 16.2. The molecular weight excluding hydrogens is 194 g/mol. The number of rotatable bonds is 2. The maximum absolute atomic E-state index is 11.4. The number of anilines is 1. The van der Waals surface area contributed by atoms with E-state index < -0.39 is 11.6 Å². The third kappa shape index (κ3) is 1.66. The number of Topliss-reactive ketones (excluding diaryl/α,β-unsaturated/α-hetero) is 2. The van der Waals surface area contributed by atoms with Gasteiger partial charge in [-0.25, -0.2) is 0 Å². The number of carbonyl (C=O) groups is 3. The summed E-state index contributed by atoms with van der Waals surface area (Å²) in [5.74, 6) is -1.10. The van der Waals surface area contributed by atoms with Gasteiger partial charge in [0.25, 0.3) is 0 Å². The van der Waals surface area contributed by atoms with Crippen LogP contribution in [0.3, 0.4) is 0 Å². The Bertz CT molecular complexity index is 477. The Morgan fingerprint density at radius 3 is 2.73 bits per heavy atom. The molecule has 4 heteroatoms. The van der Waals surface area contributed by atoms with Crippen molar-refractivity contribution in [2.75, 3.05) is 5.32 Å². The summed E-state index contributed by atoms with van der Waals surface area (Å²) in [4.78, 5) is 33.3. The third-order valence-corrected chi connectivity index (χ3v) is 2.31. The molecule has 0 bridgehead atoms. The zero-order chi connectivity index (χ0) is 11.0. The third-order valence-electron chi connectivity index (χ3n) is 2.31. The molecular formula is C11H9NO3. The fraction of sp³-hybridized carbons (Fsp3) is 0.182. The van der Waals surface area contributed by atoms with Crippen LogP contribution in [-0.4, -0.2) is 17.5 Å². The Balaban J connectivity index is 2.39. The van der Waals surface area contributed by atoms with Gasteiger partial charge in [0, 0.05) is 18.2 Å². The summed E-state index contributed by atoms with van der Waals surface area (Å²) < 4.78 is 0. The minimum Gasteiger partial charge on any atom is -0.326 e. The van der Waals surface area contributed by atoms with Crippen LogP contribution in [0, 0.1) is 0 Å². The number of carbonyl (C=O) groups excluding carboxylic acids is 3. The first-order valence-electron chi connectivity index (χ1n) is 4.56. The predicted octanol–water partition coefficient (Wildman–Crippen LogP) is 0.953.